The highest BCUT2D eigenvalue weighted by atomic mass is 16.5. The molecule has 0 radical (unpaired) electrons. The highest BCUT2D eigenvalue weighted by molar-refractivity contribution is 5.12. The van der Waals surface area contributed by atoms with Crippen LogP contribution in [0.1, 0.15) is 25.7 Å². The quantitative estimate of drug-likeness (QED) is 0.626. The SMILES string of the molecule is COCC(N)C1=CCCCC1. The third-order valence-electron chi connectivity index (χ3n) is 2.15. The van der Waals surface area contributed by atoms with E-state index in [2.05, 4.69) is 6.08 Å². The van der Waals surface area contributed by atoms with Crippen molar-refractivity contribution >= 4 is 0 Å². The van der Waals surface area contributed by atoms with E-state index in [1.165, 1.54) is 31.3 Å². The van der Waals surface area contributed by atoms with Gasteiger partial charge in [-0.2, -0.15) is 0 Å². The van der Waals surface area contributed by atoms with Crippen LogP contribution in [0.15, 0.2) is 11.6 Å². The molecule has 1 rings (SSSR count). The third-order valence-corrected chi connectivity index (χ3v) is 2.15. The van der Waals surface area contributed by atoms with Gasteiger partial charge in [-0.15, -0.1) is 0 Å². The molecule has 2 N–H and O–H groups in total. The van der Waals surface area contributed by atoms with Crippen molar-refractivity contribution in [3.8, 4) is 0 Å². The van der Waals surface area contributed by atoms with E-state index >= 15 is 0 Å². The Morgan fingerprint density at radius 1 is 1.64 bits per heavy atom. The lowest BCUT2D eigenvalue weighted by Crippen LogP contribution is -2.28. The molecule has 0 heterocycles. The Balaban J connectivity index is 2.37. The molecule has 0 fully saturated rings. The molecule has 0 spiro atoms. The Labute approximate surface area is 68.4 Å². The summed E-state index contributed by atoms with van der Waals surface area (Å²) in [6.45, 7) is 0.659. The molecule has 64 valence electrons. The van der Waals surface area contributed by atoms with Crippen LogP contribution in [0.4, 0.5) is 0 Å². The topological polar surface area (TPSA) is 35.2 Å². The van der Waals surface area contributed by atoms with E-state index in [0.717, 1.165) is 0 Å². The molecule has 0 amide bonds. The summed E-state index contributed by atoms with van der Waals surface area (Å²) in [5, 5.41) is 0. The number of methoxy groups -OCH3 is 1. The zero-order chi connectivity index (χ0) is 8.10. The number of ether oxygens (including phenoxy) is 1. The molecule has 2 heteroatoms. The maximum absolute atomic E-state index is 5.87. The molecule has 0 aliphatic heterocycles. The van der Waals surface area contributed by atoms with Crippen LogP contribution in [-0.2, 0) is 4.74 Å². The van der Waals surface area contributed by atoms with Crippen molar-refractivity contribution < 1.29 is 4.74 Å². The van der Waals surface area contributed by atoms with E-state index in [9.17, 15) is 0 Å². The summed E-state index contributed by atoms with van der Waals surface area (Å²) >= 11 is 0. The van der Waals surface area contributed by atoms with Crippen molar-refractivity contribution in [3.05, 3.63) is 11.6 Å². The summed E-state index contributed by atoms with van der Waals surface area (Å²) in [5.74, 6) is 0. The Bertz CT molecular complexity index is 142. The summed E-state index contributed by atoms with van der Waals surface area (Å²) in [4.78, 5) is 0. The molecule has 0 aromatic carbocycles. The lowest BCUT2D eigenvalue weighted by molar-refractivity contribution is 0.187. The molecule has 0 saturated heterocycles. The number of nitrogens with two attached hydrogens (primary N) is 1. The first kappa shape index (κ1) is 8.75. The molecular weight excluding hydrogens is 138 g/mol. The summed E-state index contributed by atoms with van der Waals surface area (Å²) in [7, 11) is 1.70. The summed E-state index contributed by atoms with van der Waals surface area (Å²) in [6.07, 6.45) is 7.26. The molecule has 1 aliphatic rings. The average molecular weight is 155 g/mol. The van der Waals surface area contributed by atoms with Crippen molar-refractivity contribution in [3.63, 3.8) is 0 Å². The van der Waals surface area contributed by atoms with E-state index in [1.807, 2.05) is 0 Å². The van der Waals surface area contributed by atoms with Crippen molar-refractivity contribution in [1.29, 1.82) is 0 Å². The fraction of sp³-hybridized carbons (Fsp3) is 0.778. The van der Waals surface area contributed by atoms with Crippen LogP contribution < -0.4 is 5.73 Å². The first-order valence-electron chi connectivity index (χ1n) is 4.28. The fourth-order valence-electron chi connectivity index (χ4n) is 1.49. The van der Waals surface area contributed by atoms with Gasteiger partial charge in [-0.1, -0.05) is 11.6 Å². The highest BCUT2D eigenvalue weighted by Gasteiger charge is 2.10. The second-order valence-corrected chi connectivity index (χ2v) is 3.09. The van der Waals surface area contributed by atoms with Crippen LogP contribution >= 0.6 is 0 Å². The van der Waals surface area contributed by atoms with Crippen LogP contribution in [0.2, 0.25) is 0 Å². The van der Waals surface area contributed by atoms with Crippen LogP contribution in [0.25, 0.3) is 0 Å². The van der Waals surface area contributed by atoms with E-state index in [0.29, 0.717) is 6.61 Å². The van der Waals surface area contributed by atoms with E-state index in [1.54, 1.807) is 7.11 Å². The molecule has 0 aromatic heterocycles. The Hall–Kier alpha value is -0.340. The van der Waals surface area contributed by atoms with E-state index < -0.39 is 0 Å². The van der Waals surface area contributed by atoms with Gasteiger partial charge in [-0.25, -0.2) is 0 Å². The van der Waals surface area contributed by atoms with Crippen molar-refractivity contribution in [2.24, 2.45) is 5.73 Å². The fourth-order valence-corrected chi connectivity index (χ4v) is 1.49. The molecule has 0 saturated carbocycles. The van der Waals surface area contributed by atoms with Gasteiger partial charge in [-0.3, -0.25) is 0 Å². The monoisotopic (exact) mass is 155 g/mol. The average Bonchev–Trinajstić information content (AvgIpc) is 2.07. The maximum Gasteiger partial charge on any atom is 0.0652 e. The second-order valence-electron chi connectivity index (χ2n) is 3.09. The summed E-state index contributed by atoms with van der Waals surface area (Å²) in [6, 6.07) is 0.139. The standard InChI is InChI=1S/C9H17NO/c1-11-7-9(10)8-5-3-2-4-6-8/h5,9H,2-4,6-7,10H2,1H3. The Kier molecular flexibility index (Phi) is 3.60. The number of hydrogen-bond donors (Lipinski definition) is 1. The van der Waals surface area contributed by atoms with Crippen LogP contribution in [-0.4, -0.2) is 19.8 Å². The van der Waals surface area contributed by atoms with Gasteiger partial charge in [0.2, 0.25) is 0 Å². The second kappa shape index (κ2) is 4.52. The summed E-state index contributed by atoms with van der Waals surface area (Å²) in [5.41, 5.74) is 7.25. The van der Waals surface area contributed by atoms with Gasteiger partial charge in [0.1, 0.15) is 0 Å². The molecule has 0 aromatic rings. The predicted molar refractivity (Wildman–Crippen MR) is 46.4 cm³/mol. The zero-order valence-corrected chi connectivity index (χ0v) is 7.18. The van der Waals surface area contributed by atoms with Gasteiger partial charge in [0.25, 0.3) is 0 Å². The van der Waals surface area contributed by atoms with Crippen molar-refractivity contribution in [2.45, 2.75) is 31.7 Å². The molecule has 1 atom stereocenters. The maximum atomic E-state index is 5.87. The summed E-state index contributed by atoms with van der Waals surface area (Å²) < 4.78 is 4.99. The van der Waals surface area contributed by atoms with Crippen LogP contribution in [0, 0.1) is 0 Å². The van der Waals surface area contributed by atoms with E-state index in [4.69, 9.17) is 10.5 Å². The minimum absolute atomic E-state index is 0.139. The molecule has 1 aliphatic carbocycles. The largest absolute Gasteiger partial charge is 0.383 e. The lowest BCUT2D eigenvalue weighted by Gasteiger charge is -2.18. The lowest BCUT2D eigenvalue weighted by atomic mass is 9.95. The minimum Gasteiger partial charge on any atom is -0.383 e. The van der Waals surface area contributed by atoms with Crippen LogP contribution in [0.3, 0.4) is 0 Å². The Morgan fingerprint density at radius 3 is 3.00 bits per heavy atom. The molecule has 1 unspecified atom stereocenters. The van der Waals surface area contributed by atoms with Gasteiger partial charge in [0.15, 0.2) is 0 Å². The van der Waals surface area contributed by atoms with E-state index in [-0.39, 0.29) is 6.04 Å². The van der Waals surface area contributed by atoms with Crippen molar-refractivity contribution in [2.75, 3.05) is 13.7 Å². The normalized spacial score (nSPS) is 21.1. The third kappa shape index (κ3) is 2.64. The molecule has 11 heavy (non-hydrogen) atoms. The zero-order valence-electron chi connectivity index (χ0n) is 7.18. The number of rotatable bonds is 3. The number of allylic oxidation sites excluding steroid dienone is 1. The smallest absolute Gasteiger partial charge is 0.0652 e. The van der Waals surface area contributed by atoms with Gasteiger partial charge in [-0.05, 0) is 25.7 Å². The van der Waals surface area contributed by atoms with Gasteiger partial charge in [0, 0.05) is 13.2 Å². The molecule has 2 nitrogen and oxygen atoms in total. The predicted octanol–water partition coefficient (Wildman–Crippen LogP) is 1.46. The Morgan fingerprint density at radius 2 is 2.45 bits per heavy atom. The van der Waals surface area contributed by atoms with Gasteiger partial charge >= 0.3 is 0 Å². The first-order valence-corrected chi connectivity index (χ1v) is 4.28. The highest BCUT2D eigenvalue weighted by Crippen LogP contribution is 2.19. The molecule has 0 bridgehead atoms. The van der Waals surface area contributed by atoms with Gasteiger partial charge < -0.3 is 10.5 Å². The number of hydrogen-bond acceptors (Lipinski definition) is 2. The van der Waals surface area contributed by atoms with Gasteiger partial charge in [0.05, 0.1) is 6.61 Å². The first-order chi connectivity index (χ1) is 5.34. The minimum atomic E-state index is 0.139. The van der Waals surface area contributed by atoms with Crippen LogP contribution in [0.5, 0.6) is 0 Å². The van der Waals surface area contributed by atoms with Crippen molar-refractivity contribution in [1.82, 2.24) is 0 Å². The molecular formula is C9H17NO.